The predicted molar refractivity (Wildman–Crippen MR) is 121 cm³/mol. The zero-order valence-electron chi connectivity index (χ0n) is 16.0. The molecule has 2 aromatic heterocycles. The van der Waals surface area contributed by atoms with Gasteiger partial charge in [0.25, 0.3) is 0 Å². The van der Waals surface area contributed by atoms with E-state index in [0.717, 1.165) is 48.8 Å². The minimum atomic E-state index is 0. The van der Waals surface area contributed by atoms with Gasteiger partial charge in [-0.05, 0) is 43.6 Å². The monoisotopic (exact) mass is 504 g/mol. The van der Waals surface area contributed by atoms with Crippen molar-refractivity contribution in [3.05, 3.63) is 29.5 Å². The Bertz CT molecular complexity index is 684. The second-order valence-corrected chi connectivity index (χ2v) is 7.51. The van der Waals surface area contributed by atoms with Crippen molar-refractivity contribution in [2.45, 2.75) is 32.7 Å². The van der Waals surface area contributed by atoms with Crippen molar-refractivity contribution >= 4 is 41.3 Å². The van der Waals surface area contributed by atoms with E-state index in [-0.39, 0.29) is 24.0 Å². The molecule has 1 saturated heterocycles. The fourth-order valence-corrected chi connectivity index (χ4v) is 3.69. The number of thiophene rings is 1. The first-order valence-corrected chi connectivity index (χ1v) is 10.2. The average Bonchev–Trinajstić information content (AvgIpc) is 3.35. The van der Waals surface area contributed by atoms with Crippen molar-refractivity contribution in [2.75, 3.05) is 33.4 Å². The van der Waals surface area contributed by atoms with Crippen LogP contribution in [0.4, 0.5) is 0 Å². The third-order valence-corrected chi connectivity index (χ3v) is 5.44. The molecule has 0 radical (unpaired) electrons. The van der Waals surface area contributed by atoms with E-state index in [1.54, 1.807) is 17.6 Å². The third-order valence-electron chi connectivity index (χ3n) is 4.58. The molecule has 0 atom stereocenters. The fourth-order valence-electron chi connectivity index (χ4n) is 3.04. The van der Waals surface area contributed by atoms with Crippen LogP contribution in [0.1, 0.15) is 31.9 Å². The van der Waals surface area contributed by atoms with Crippen LogP contribution in [0.15, 0.2) is 33.2 Å². The van der Waals surface area contributed by atoms with Gasteiger partial charge in [-0.15, -0.1) is 35.3 Å². The average molecular weight is 504 g/mol. The summed E-state index contributed by atoms with van der Waals surface area (Å²) in [6, 6.07) is 4.01. The summed E-state index contributed by atoms with van der Waals surface area (Å²) in [5, 5.41) is 5.39. The van der Waals surface area contributed by atoms with Crippen molar-refractivity contribution in [3.8, 4) is 10.8 Å². The summed E-state index contributed by atoms with van der Waals surface area (Å²) in [4.78, 5) is 12.5. The molecule has 0 saturated carbocycles. The van der Waals surface area contributed by atoms with Crippen molar-refractivity contribution in [1.82, 2.24) is 15.2 Å². The number of aliphatic imine (C=N–C) groups is 1. The second-order valence-electron chi connectivity index (χ2n) is 6.56. The summed E-state index contributed by atoms with van der Waals surface area (Å²) in [6.07, 6.45) is 5.22. The van der Waals surface area contributed by atoms with Gasteiger partial charge in [-0.25, -0.2) is 9.98 Å². The summed E-state index contributed by atoms with van der Waals surface area (Å²) in [7, 11) is 2.10. The van der Waals surface area contributed by atoms with E-state index in [4.69, 9.17) is 14.1 Å². The lowest BCUT2D eigenvalue weighted by atomic mass is 9.96. The van der Waals surface area contributed by atoms with Crippen LogP contribution in [0, 0.1) is 5.92 Å². The molecule has 27 heavy (non-hydrogen) atoms. The lowest BCUT2D eigenvalue weighted by Crippen LogP contribution is -2.40. The lowest BCUT2D eigenvalue weighted by molar-refractivity contribution is 0.0625. The number of ether oxygens (including phenoxy) is 1. The smallest absolute Gasteiger partial charge is 0.236 e. The van der Waals surface area contributed by atoms with E-state index in [1.165, 1.54) is 19.3 Å². The number of halogens is 1. The van der Waals surface area contributed by atoms with Crippen LogP contribution >= 0.6 is 35.3 Å². The number of nitrogens with one attached hydrogen (secondary N) is 1. The van der Waals surface area contributed by atoms with Gasteiger partial charge in [0.05, 0.1) is 11.4 Å². The molecule has 0 unspecified atom stereocenters. The third kappa shape index (κ3) is 6.76. The van der Waals surface area contributed by atoms with E-state index >= 15 is 0 Å². The van der Waals surface area contributed by atoms with E-state index in [2.05, 4.69) is 29.2 Å². The Balaban J connectivity index is 0.00000261. The molecule has 0 spiro atoms. The van der Waals surface area contributed by atoms with Gasteiger partial charge in [0.15, 0.2) is 5.96 Å². The van der Waals surface area contributed by atoms with Gasteiger partial charge in [0.1, 0.15) is 12.0 Å². The molecule has 6 nitrogen and oxygen atoms in total. The van der Waals surface area contributed by atoms with E-state index in [1.807, 2.05) is 17.5 Å². The summed E-state index contributed by atoms with van der Waals surface area (Å²) < 4.78 is 11.0. The lowest BCUT2D eigenvalue weighted by Gasteiger charge is -2.26. The fraction of sp³-hybridized carbons (Fsp3) is 0.579. The second kappa shape index (κ2) is 11.7. The highest BCUT2D eigenvalue weighted by atomic mass is 127. The van der Waals surface area contributed by atoms with Gasteiger partial charge >= 0.3 is 0 Å². The van der Waals surface area contributed by atoms with Gasteiger partial charge in [0.2, 0.25) is 5.89 Å². The van der Waals surface area contributed by atoms with E-state index in [9.17, 15) is 0 Å². The first-order chi connectivity index (χ1) is 12.8. The van der Waals surface area contributed by atoms with Crippen molar-refractivity contribution in [2.24, 2.45) is 10.9 Å². The van der Waals surface area contributed by atoms with Crippen LogP contribution < -0.4 is 5.32 Å². The number of oxazole rings is 1. The van der Waals surface area contributed by atoms with Crippen molar-refractivity contribution < 1.29 is 9.15 Å². The summed E-state index contributed by atoms with van der Waals surface area (Å²) >= 11 is 1.63. The molecule has 1 aliphatic rings. The molecule has 0 aromatic carbocycles. The highest BCUT2D eigenvalue weighted by Crippen LogP contribution is 2.23. The molecular formula is C19H29IN4O2S. The van der Waals surface area contributed by atoms with Gasteiger partial charge < -0.3 is 19.4 Å². The first-order valence-electron chi connectivity index (χ1n) is 9.31. The topological polar surface area (TPSA) is 62.9 Å². The van der Waals surface area contributed by atoms with Crippen LogP contribution in [-0.2, 0) is 11.3 Å². The summed E-state index contributed by atoms with van der Waals surface area (Å²) in [5.41, 5.74) is 0.849. The maximum atomic E-state index is 5.57. The number of aromatic nitrogens is 1. The predicted octanol–water partition coefficient (Wildman–Crippen LogP) is 4.24. The maximum Gasteiger partial charge on any atom is 0.236 e. The first kappa shape index (κ1) is 22.2. The zero-order chi connectivity index (χ0) is 18.2. The minimum absolute atomic E-state index is 0. The Hall–Kier alpha value is -1.13. The molecule has 1 fully saturated rings. The Labute approximate surface area is 182 Å². The Morgan fingerprint density at radius 2 is 2.22 bits per heavy atom. The SMILES string of the molecule is CCNC(=NCc1coc(-c2cccs2)n1)N(C)CCC1CCOCC1.I. The molecule has 0 aliphatic carbocycles. The van der Waals surface area contributed by atoms with Crippen LogP contribution in [-0.4, -0.2) is 49.2 Å². The molecule has 1 aliphatic heterocycles. The molecule has 3 heterocycles. The molecular weight excluding hydrogens is 475 g/mol. The van der Waals surface area contributed by atoms with Gasteiger partial charge in [-0.2, -0.15) is 0 Å². The number of rotatable bonds is 7. The highest BCUT2D eigenvalue weighted by molar-refractivity contribution is 14.0. The standard InChI is InChI=1S/C19H28N4O2S.HI/c1-3-20-19(23(2)9-6-15-7-10-24-11-8-15)21-13-16-14-25-18(22-16)17-5-4-12-26-17;/h4-5,12,14-15H,3,6-11,13H2,1-2H3,(H,20,21);1H. The van der Waals surface area contributed by atoms with Crippen molar-refractivity contribution in [1.29, 1.82) is 0 Å². The Morgan fingerprint density at radius 1 is 1.41 bits per heavy atom. The summed E-state index contributed by atoms with van der Waals surface area (Å²) in [5.74, 6) is 2.35. The van der Waals surface area contributed by atoms with E-state index < -0.39 is 0 Å². The van der Waals surface area contributed by atoms with Crippen LogP contribution in [0.5, 0.6) is 0 Å². The Morgan fingerprint density at radius 3 is 2.93 bits per heavy atom. The molecule has 0 amide bonds. The minimum Gasteiger partial charge on any atom is -0.443 e. The molecule has 1 N–H and O–H groups in total. The normalized spacial score (nSPS) is 15.4. The molecule has 3 rings (SSSR count). The van der Waals surface area contributed by atoms with Gasteiger partial charge in [-0.1, -0.05) is 6.07 Å². The molecule has 8 heteroatoms. The number of nitrogens with zero attached hydrogens (tertiary/aromatic N) is 3. The van der Waals surface area contributed by atoms with Crippen LogP contribution in [0.3, 0.4) is 0 Å². The number of hydrogen-bond acceptors (Lipinski definition) is 5. The van der Waals surface area contributed by atoms with Gasteiger partial charge in [0, 0.05) is 33.4 Å². The highest BCUT2D eigenvalue weighted by Gasteiger charge is 2.15. The molecule has 150 valence electrons. The van der Waals surface area contributed by atoms with Crippen LogP contribution in [0.2, 0.25) is 0 Å². The summed E-state index contributed by atoms with van der Waals surface area (Å²) in [6.45, 7) is 6.25. The Kier molecular flexibility index (Phi) is 9.57. The number of guanidine groups is 1. The van der Waals surface area contributed by atoms with Crippen molar-refractivity contribution in [3.63, 3.8) is 0 Å². The van der Waals surface area contributed by atoms with Crippen LogP contribution in [0.25, 0.3) is 10.8 Å². The largest absolute Gasteiger partial charge is 0.443 e. The quantitative estimate of drug-likeness (QED) is 0.348. The molecule has 0 bridgehead atoms. The molecule has 2 aromatic rings. The maximum absolute atomic E-state index is 5.57. The van der Waals surface area contributed by atoms with Gasteiger partial charge in [-0.3, -0.25) is 0 Å². The zero-order valence-corrected chi connectivity index (χ0v) is 19.2. The van der Waals surface area contributed by atoms with E-state index in [0.29, 0.717) is 12.4 Å². The number of hydrogen-bond donors (Lipinski definition) is 1.